The zero-order valence-electron chi connectivity index (χ0n) is 15.7. The fourth-order valence-corrected chi connectivity index (χ4v) is 4.37. The number of hydrogen-bond acceptors (Lipinski definition) is 4. The third kappa shape index (κ3) is 3.19. The van der Waals surface area contributed by atoms with Crippen molar-refractivity contribution in [2.24, 2.45) is 11.7 Å². The van der Waals surface area contributed by atoms with Crippen molar-refractivity contribution in [1.29, 1.82) is 0 Å². The summed E-state index contributed by atoms with van der Waals surface area (Å²) in [5, 5.41) is 0. The van der Waals surface area contributed by atoms with Crippen molar-refractivity contribution in [1.82, 2.24) is 4.90 Å². The van der Waals surface area contributed by atoms with E-state index in [4.69, 9.17) is 15.2 Å². The van der Waals surface area contributed by atoms with Crippen molar-refractivity contribution in [3.8, 4) is 11.5 Å². The molecule has 0 bridgehead atoms. The first-order chi connectivity index (χ1) is 12.7. The number of hydrogen-bond donors (Lipinski definition) is 1. The van der Waals surface area contributed by atoms with Crippen LogP contribution in [0.3, 0.4) is 0 Å². The first-order valence-electron chi connectivity index (χ1n) is 9.53. The lowest BCUT2D eigenvalue weighted by molar-refractivity contribution is 0.0891. The zero-order valence-corrected chi connectivity index (χ0v) is 15.7. The van der Waals surface area contributed by atoms with E-state index in [9.17, 15) is 0 Å². The summed E-state index contributed by atoms with van der Waals surface area (Å²) < 4.78 is 12.1. The van der Waals surface area contributed by atoms with Gasteiger partial charge in [-0.15, -0.1) is 0 Å². The monoisotopic (exact) mass is 352 g/mol. The zero-order chi connectivity index (χ0) is 18.1. The van der Waals surface area contributed by atoms with Gasteiger partial charge in [0, 0.05) is 6.54 Å². The number of likely N-dealkylation sites (tertiary alicyclic amines) is 1. The van der Waals surface area contributed by atoms with Crippen LogP contribution in [0.5, 0.6) is 11.5 Å². The molecule has 0 radical (unpaired) electrons. The molecule has 0 spiro atoms. The molecule has 2 aromatic rings. The first kappa shape index (κ1) is 17.4. The Balaban J connectivity index is 1.65. The second kappa shape index (κ2) is 7.29. The average molecular weight is 352 g/mol. The van der Waals surface area contributed by atoms with Crippen LogP contribution in [0.1, 0.15) is 29.2 Å². The second-order valence-electron chi connectivity index (χ2n) is 7.55. The second-order valence-corrected chi connectivity index (χ2v) is 7.55. The van der Waals surface area contributed by atoms with Crippen LogP contribution in [0.15, 0.2) is 42.5 Å². The molecule has 0 aromatic heterocycles. The van der Waals surface area contributed by atoms with Crippen LogP contribution < -0.4 is 15.2 Å². The first-order valence-corrected chi connectivity index (χ1v) is 9.53. The Labute approximate surface area is 155 Å². The Morgan fingerprint density at radius 3 is 2.77 bits per heavy atom. The van der Waals surface area contributed by atoms with E-state index in [-0.39, 0.29) is 6.10 Å². The van der Waals surface area contributed by atoms with Crippen molar-refractivity contribution in [2.75, 3.05) is 26.7 Å². The molecule has 2 aliphatic rings. The van der Waals surface area contributed by atoms with E-state index < -0.39 is 0 Å². The van der Waals surface area contributed by atoms with Crippen LogP contribution >= 0.6 is 0 Å². The minimum Gasteiger partial charge on any atom is -0.493 e. The van der Waals surface area contributed by atoms with Crippen LogP contribution in [-0.4, -0.2) is 37.7 Å². The number of benzene rings is 2. The lowest BCUT2D eigenvalue weighted by atomic mass is 10.1. The molecule has 138 valence electrons. The number of nitrogens with zero attached hydrogens (tertiary/aromatic N) is 1. The smallest absolute Gasteiger partial charge is 0.162 e. The molecule has 4 rings (SSSR count). The third-order valence-electron chi connectivity index (χ3n) is 5.83. The molecular formula is C22H28N2O2. The SMILES string of the molecule is COc1ccc(C)cc1O[C@@H]1c2ccccc2C[C@H]1N1CCC(CN)C1. The average Bonchev–Trinajstić information content (AvgIpc) is 3.27. The van der Waals surface area contributed by atoms with Crippen molar-refractivity contribution in [3.05, 3.63) is 59.2 Å². The molecule has 2 N–H and O–H groups in total. The van der Waals surface area contributed by atoms with Crippen LogP contribution in [0.4, 0.5) is 0 Å². The van der Waals surface area contributed by atoms with Gasteiger partial charge in [0.15, 0.2) is 11.5 Å². The summed E-state index contributed by atoms with van der Waals surface area (Å²) in [6.45, 7) is 5.03. The van der Waals surface area contributed by atoms with Gasteiger partial charge >= 0.3 is 0 Å². The molecule has 1 aliphatic heterocycles. The van der Waals surface area contributed by atoms with Crippen LogP contribution in [0.25, 0.3) is 0 Å². The summed E-state index contributed by atoms with van der Waals surface area (Å²) in [6.07, 6.45) is 2.24. The lowest BCUT2D eigenvalue weighted by Crippen LogP contribution is -2.39. The van der Waals surface area contributed by atoms with Gasteiger partial charge in [-0.3, -0.25) is 4.90 Å². The van der Waals surface area contributed by atoms with Crippen molar-refractivity contribution in [2.45, 2.75) is 31.9 Å². The summed E-state index contributed by atoms with van der Waals surface area (Å²) in [7, 11) is 1.70. The predicted molar refractivity (Wildman–Crippen MR) is 104 cm³/mol. The number of nitrogens with two attached hydrogens (primary N) is 1. The number of ether oxygens (including phenoxy) is 2. The number of rotatable bonds is 5. The topological polar surface area (TPSA) is 47.7 Å². The number of aryl methyl sites for hydroxylation is 1. The lowest BCUT2D eigenvalue weighted by Gasteiger charge is -2.30. The van der Waals surface area contributed by atoms with Crippen molar-refractivity contribution < 1.29 is 9.47 Å². The summed E-state index contributed by atoms with van der Waals surface area (Å²) in [5.41, 5.74) is 9.79. The number of fused-ring (bicyclic) bond motifs is 1. The fourth-order valence-electron chi connectivity index (χ4n) is 4.37. The summed E-state index contributed by atoms with van der Waals surface area (Å²) in [6, 6.07) is 15.1. The van der Waals surface area contributed by atoms with E-state index in [2.05, 4.69) is 48.2 Å². The van der Waals surface area contributed by atoms with Crippen molar-refractivity contribution >= 4 is 0 Å². The Bertz CT molecular complexity index is 776. The Hall–Kier alpha value is -2.04. The highest BCUT2D eigenvalue weighted by Gasteiger charge is 2.40. The van der Waals surface area contributed by atoms with Gasteiger partial charge in [-0.2, -0.15) is 0 Å². The molecular weight excluding hydrogens is 324 g/mol. The molecule has 4 heteroatoms. The van der Waals surface area contributed by atoms with Gasteiger partial charge in [0.05, 0.1) is 13.2 Å². The summed E-state index contributed by atoms with van der Waals surface area (Å²) in [4.78, 5) is 2.57. The van der Waals surface area contributed by atoms with Gasteiger partial charge in [0.1, 0.15) is 6.10 Å². The maximum atomic E-state index is 6.60. The fraction of sp³-hybridized carbons (Fsp3) is 0.455. The minimum atomic E-state index is 0.0263. The predicted octanol–water partition coefficient (Wildman–Crippen LogP) is 3.33. The van der Waals surface area contributed by atoms with Gasteiger partial charge in [-0.05, 0) is 67.6 Å². The van der Waals surface area contributed by atoms with Gasteiger partial charge in [-0.1, -0.05) is 30.3 Å². The van der Waals surface area contributed by atoms with E-state index in [1.54, 1.807) is 7.11 Å². The van der Waals surface area contributed by atoms with Crippen LogP contribution in [0, 0.1) is 12.8 Å². The molecule has 2 aromatic carbocycles. The van der Waals surface area contributed by atoms with Crippen molar-refractivity contribution in [3.63, 3.8) is 0 Å². The van der Waals surface area contributed by atoms with E-state index in [1.165, 1.54) is 23.1 Å². The molecule has 1 saturated heterocycles. The number of methoxy groups -OCH3 is 1. The molecule has 0 saturated carbocycles. The Kier molecular flexibility index (Phi) is 4.88. The maximum absolute atomic E-state index is 6.60. The third-order valence-corrected chi connectivity index (χ3v) is 5.83. The normalized spacial score (nSPS) is 25.3. The van der Waals surface area contributed by atoms with E-state index in [0.717, 1.165) is 37.6 Å². The van der Waals surface area contributed by atoms with Gasteiger partial charge in [0.2, 0.25) is 0 Å². The largest absolute Gasteiger partial charge is 0.493 e. The maximum Gasteiger partial charge on any atom is 0.162 e. The van der Waals surface area contributed by atoms with E-state index in [0.29, 0.717) is 12.0 Å². The van der Waals surface area contributed by atoms with Crippen LogP contribution in [0.2, 0.25) is 0 Å². The van der Waals surface area contributed by atoms with Crippen LogP contribution in [-0.2, 0) is 6.42 Å². The summed E-state index contributed by atoms with van der Waals surface area (Å²) in [5.74, 6) is 2.22. The molecule has 26 heavy (non-hydrogen) atoms. The molecule has 1 heterocycles. The highest BCUT2D eigenvalue weighted by molar-refractivity contribution is 5.44. The molecule has 3 atom stereocenters. The highest BCUT2D eigenvalue weighted by atomic mass is 16.5. The molecule has 0 amide bonds. The molecule has 1 aliphatic carbocycles. The minimum absolute atomic E-state index is 0.0263. The van der Waals surface area contributed by atoms with Gasteiger partial charge in [-0.25, -0.2) is 0 Å². The highest BCUT2D eigenvalue weighted by Crippen LogP contribution is 2.41. The quantitative estimate of drug-likeness (QED) is 0.897. The standard InChI is InChI=1S/C22H28N2O2/c1-15-7-8-20(25-2)21(11-15)26-22-18-6-4-3-5-17(18)12-19(22)24-10-9-16(13-23)14-24/h3-8,11,16,19,22H,9-10,12-14,23H2,1-2H3/t16?,19-,22-/m1/s1. The molecule has 1 fully saturated rings. The summed E-state index contributed by atoms with van der Waals surface area (Å²) >= 11 is 0. The van der Waals surface area contributed by atoms with Gasteiger partial charge in [0.25, 0.3) is 0 Å². The van der Waals surface area contributed by atoms with Gasteiger partial charge < -0.3 is 15.2 Å². The Morgan fingerprint density at radius 1 is 1.15 bits per heavy atom. The Morgan fingerprint density at radius 2 is 2.00 bits per heavy atom. The van der Waals surface area contributed by atoms with E-state index in [1.807, 2.05) is 6.07 Å². The molecule has 4 nitrogen and oxygen atoms in total. The van der Waals surface area contributed by atoms with E-state index >= 15 is 0 Å². The molecule has 1 unspecified atom stereocenters.